The zero-order valence-corrected chi connectivity index (χ0v) is 14.4. The van der Waals surface area contributed by atoms with Crippen molar-refractivity contribution < 1.29 is 14.0 Å². The van der Waals surface area contributed by atoms with Crippen molar-refractivity contribution in [1.82, 2.24) is 0 Å². The van der Waals surface area contributed by atoms with Crippen molar-refractivity contribution in [2.75, 3.05) is 13.2 Å². The Morgan fingerprint density at radius 3 is 2.48 bits per heavy atom. The molecule has 21 heavy (non-hydrogen) atoms. The van der Waals surface area contributed by atoms with E-state index in [4.69, 9.17) is 14.4 Å². The van der Waals surface area contributed by atoms with Crippen LogP contribution in [0.5, 0.6) is 5.75 Å². The fourth-order valence-electron chi connectivity index (χ4n) is 1.49. The lowest BCUT2D eigenvalue weighted by molar-refractivity contribution is 0.111. The molecule has 0 atom stereocenters. The van der Waals surface area contributed by atoms with Gasteiger partial charge in [0, 0.05) is 0 Å². The number of benzene rings is 1. The third-order valence-electron chi connectivity index (χ3n) is 3.88. The number of nitriles is 1. The molecule has 0 aromatic heterocycles. The first-order chi connectivity index (χ1) is 9.71. The highest BCUT2D eigenvalue weighted by molar-refractivity contribution is 6.74. The van der Waals surface area contributed by atoms with Gasteiger partial charge in [-0.1, -0.05) is 20.8 Å². The van der Waals surface area contributed by atoms with Crippen LogP contribution in [-0.4, -0.2) is 27.8 Å². The van der Waals surface area contributed by atoms with Crippen LogP contribution in [0.15, 0.2) is 18.2 Å². The first-order valence-corrected chi connectivity index (χ1v) is 9.88. The molecule has 0 amide bonds. The van der Waals surface area contributed by atoms with Crippen LogP contribution < -0.4 is 4.74 Å². The summed E-state index contributed by atoms with van der Waals surface area (Å²) in [6.45, 7) is 11.7. The zero-order valence-electron chi connectivity index (χ0n) is 13.4. The summed E-state index contributed by atoms with van der Waals surface area (Å²) < 4.78 is 11.6. The Labute approximate surface area is 127 Å². The Hall–Kier alpha value is -1.64. The molecule has 0 saturated heterocycles. The second-order valence-electron chi connectivity index (χ2n) is 6.44. The van der Waals surface area contributed by atoms with Crippen LogP contribution in [0.3, 0.4) is 0 Å². The number of nitrogens with zero attached hydrogens (tertiary/aromatic N) is 1. The molecular formula is C16H23NO3Si. The molecule has 0 aliphatic rings. The van der Waals surface area contributed by atoms with Gasteiger partial charge >= 0.3 is 0 Å². The van der Waals surface area contributed by atoms with Crippen molar-refractivity contribution in [2.45, 2.75) is 38.9 Å². The van der Waals surface area contributed by atoms with E-state index in [1.54, 1.807) is 18.2 Å². The molecule has 1 aromatic rings. The van der Waals surface area contributed by atoms with E-state index in [0.29, 0.717) is 30.1 Å². The largest absolute Gasteiger partial charge is 0.490 e. The maximum absolute atomic E-state index is 11.0. The van der Waals surface area contributed by atoms with Crippen LogP contribution in [0.25, 0.3) is 0 Å². The first kappa shape index (κ1) is 17.4. The van der Waals surface area contributed by atoms with E-state index in [1.807, 2.05) is 6.07 Å². The Balaban J connectivity index is 2.61. The summed E-state index contributed by atoms with van der Waals surface area (Å²) in [7, 11) is -1.78. The fraction of sp³-hybridized carbons (Fsp3) is 0.500. The lowest BCUT2D eigenvalue weighted by Gasteiger charge is -2.36. The molecule has 1 aromatic carbocycles. The number of carbonyl (C=O) groups is 1. The molecule has 4 nitrogen and oxygen atoms in total. The summed E-state index contributed by atoms with van der Waals surface area (Å²) in [4.78, 5) is 11.0. The van der Waals surface area contributed by atoms with E-state index in [9.17, 15) is 4.79 Å². The summed E-state index contributed by atoms with van der Waals surface area (Å²) >= 11 is 0. The van der Waals surface area contributed by atoms with E-state index >= 15 is 0 Å². The lowest BCUT2D eigenvalue weighted by Crippen LogP contribution is -2.41. The second-order valence-corrected chi connectivity index (χ2v) is 11.2. The highest BCUT2D eigenvalue weighted by Gasteiger charge is 2.36. The van der Waals surface area contributed by atoms with E-state index in [-0.39, 0.29) is 5.04 Å². The molecule has 0 aliphatic heterocycles. The minimum atomic E-state index is -1.78. The summed E-state index contributed by atoms with van der Waals surface area (Å²) in [5.41, 5.74) is 0.919. The number of hydrogen-bond acceptors (Lipinski definition) is 4. The molecule has 0 bridgehead atoms. The van der Waals surface area contributed by atoms with Gasteiger partial charge in [-0.3, -0.25) is 4.79 Å². The number of hydrogen-bond donors (Lipinski definition) is 0. The zero-order chi connectivity index (χ0) is 16.1. The van der Waals surface area contributed by atoms with Gasteiger partial charge in [0.15, 0.2) is 14.6 Å². The van der Waals surface area contributed by atoms with Gasteiger partial charge in [0.05, 0.1) is 23.8 Å². The monoisotopic (exact) mass is 305 g/mol. The lowest BCUT2D eigenvalue weighted by atomic mass is 10.1. The molecule has 5 heteroatoms. The minimum Gasteiger partial charge on any atom is -0.490 e. The SMILES string of the molecule is CC(C)(C)[Si](C)(C)OCCOc1cc(C#N)ccc1C=O. The fourth-order valence-corrected chi connectivity index (χ4v) is 2.52. The number of aldehydes is 1. The number of ether oxygens (including phenoxy) is 1. The van der Waals surface area contributed by atoms with E-state index in [0.717, 1.165) is 6.29 Å². The molecule has 0 unspecified atom stereocenters. The summed E-state index contributed by atoms with van der Waals surface area (Å²) in [6, 6.07) is 6.81. The third-order valence-corrected chi connectivity index (χ3v) is 8.42. The molecule has 0 fully saturated rings. The van der Waals surface area contributed by atoms with Gasteiger partial charge in [0.2, 0.25) is 0 Å². The smallest absolute Gasteiger partial charge is 0.192 e. The van der Waals surface area contributed by atoms with Crippen LogP contribution >= 0.6 is 0 Å². The average Bonchev–Trinajstić information content (AvgIpc) is 2.42. The van der Waals surface area contributed by atoms with Crippen LogP contribution in [-0.2, 0) is 4.43 Å². The quantitative estimate of drug-likeness (QED) is 0.456. The molecule has 114 valence electrons. The maximum Gasteiger partial charge on any atom is 0.192 e. The summed E-state index contributed by atoms with van der Waals surface area (Å²) in [6.07, 6.45) is 0.727. The average molecular weight is 305 g/mol. The van der Waals surface area contributed by atoms with Crippen molar-refractivity contribution in [3.05, 3.63) is 29.3 Å². The Morgan fingerprint density at radius 2 is 1.95 bits per heavy atom. The Kier molecular flexibility index (Phi) is 5.70. The van der Waals surface area contributed by atoms with Gasteiger partial charge in [-0.2, -0.15) is 5.26 Å². The predicted molar refractivity (Wildman–Crippen MR) is 85.2 cm³/mol. The molecule has 0 aliphatic carbocycles. The minimum absolute atomic E-state index is 0.154. The van der Waals surface area contributed by atoms with Crippen LogP contribution in [0.1, 0.15) is 36.7 Å². The van der Waals surface area contributed by atoms with Crippen LogP contribution in [0.2, 0.25) is 18.1 Å². The van der Waals surface area contributed by atoms with Crippen LogP contribution in [0, 0.1) is 11.3 Å². The number of rotatable bonds is 6. The van der Waals surface area contributed by atoms with Crippen LogP contribution in [0.4, 0.5) is 0 Å². The molecular weight excluding hydrogens is 282 g/mol. The van der Waals surface area contributed by atoms with Crippen molar-refractivity contribution in [2.24, 2.45) is 0 Å². The standard InChI is InChI=1S/C16H23NO3Si/c1-16(2,3)21(4,5)20-9-8-19-15-10-13(11-17)6-7-14(15)12-18/h6-7,10,12H,8-9H2,1-5H3. The van der Waals surface area contributed by atoms with Gasteiger partial charge in [-0.25, -0.2) is 0 Å². The molecule has 0 spiro atoms. The Morgan fingerprint density at radius 1 is 1.29 bits per heavy atom. The van der Waals surface area contributed by atoms with Gasteiger partial charge in [-0.15, -0.1) is 0 Å². The van der Waals surface area contributed by atoms with E-state index < -0.39 is 8.32 Å². The third kappa shape index (κ3) is 4.69. The van der Waals surface area contributed by atoms with Gasteiger partial charge in [-0.05, 0) is 36.3 Å². The van der Waals surface area contributed by atoms with Gasteiger partial charge < -0.3 is 9.16 Å². The highest BCUT2D eigenvalue weighted by atomic mass is 28.4. The molecule has 0 N–H and O–H groups in total. The highest BCUT2D eigenvalue weighted by Crippen LogP contribution is 2.36. The van der Waals surface area contributed by atoms with Gasteiger partial charge in [0.25, 0.3) is 0 Å². The van der Waals surface area contributed by atoms with E-state index in [1.165, 1.54) is 0 Å². The topological polar surface area (TPSA) is 59.3 Å². The molecule has 0 radical (unpaired) electrons. The van der Waals surface area contributed by atoms with Crippen molar-refractivity contribution in [3.63, 3.8) is 0 Å². The van der Waals surface area contributed by atoms with Gasteiger partial charge in [0.1, 0.15) is 12.4 Å². The maximum atomic E-state index is 11.0. The first-order valence-electron chi connectivity index (χ1n) is 6.97. The molecule has 0 heterocycles. The predicted octanol–water partition coefficient (Wildman–Crippen LogP) is 3.77. The van der Waals surface area contributed by atoms with Crippen molar-refractivity contribution >= 4 is 14.6 Å². The molecule has 1 rings (SSSR count). The Bertz CT molecular complexity index is 541. The van der Waals surface area contributed by atoms with Crippen molar-refractivity contribution in [3.8, 4) is 11.8 Å². The van der Waals surface area contributed by atoms with E-state index in [2.05, 4.69) is 33.9 Å². The normalized spacial score (nSPS) is 11.8. The number of carbonyl (C=O) groups excluding carboxylic acids is 1. The molecule has 0 saturated carbocycles. The van der Waals surface area contributed by atoms with Crippen molar-refractivity contribution in [1.29, 1.82) is 5.26 Å². The summed E-state index contributed by atoms with van der Waals surface area (Å²) in [5.74, 6) is 0.433. The second kappa shape index (κ2) is 6.88. The summed E-state index contributed by atoms with van der Waals surface area (Å²) in [5, 5.41) is 9.03.